The lowest BCUT2D eigenvalue weighted by molar-refractivity contribution is 0.205. The lowest BCUT2D eigenvalue weighted by Crippen LogP contribution is -2.16. The van der Waals surface area contributed by atoms with Gasteiger partial charge in [0, 0.05) is 12.8 Å². The molecule has 0 saturated carbocycles. The molecule has 2 rings (SSSR count). The van der Waals surface area contributed by atoms with Gasteiger partial charge in [-0.05, 0) is 25.0 Å². The van der Waals surface area contributed by atoms with Crippen molar-refractivity contribution >= 4 is 0 Å². The third-order valence-corrected chi connectivity index (χ3v) is 2.48. The second kappa shape index (κ2) is 2.32. The van der Waals surface area contributed by atoms with Crippen molar-refractivity contribution in [1.29, 1.82) is 0 Å². The Balaban J connectivity index is 2.43. The maximum atomic E-state index is 13.5. The number of halogens is 1. The summed E-state index contributed by atoms with van der Waals surface area (Å²) in [5.74, 6) is 0. The van der Waals surface area contributed by atoms with Crippen molar-refractivity contribution in [2.45, 2.75) is 32.4 Å². The smallest absolute Gasteiger partial charge is 0.116 e. The van der Waals surface area contributed by atoms with Crippen molar-refractivity contribution in [2.24, 2.45) is 0 Å². The third kappa shape index (κ3) is 1.24. The molecule has 0 aliphatic heterocycles. The third-order valence-electron chi connectivity index (χ3n) is 2.48. The normalized spacial score (nSPS) is 27.2. The van der Waals surface area contributed by atoms with Gasteiger partial charge < -0.3 is 0 Å². The summed E-state index contributed by atoms with van der Waals surface area (Å²) >= 11 is 0. The van der Waals surface area contributed by atoms with E-state index in [0.717, 1.165) is 0 Å². The fourth-order valence-electron chi connectivity index (χ4n) is 1.95. The van der Waals surface area contributed by atoms with Crippen LogP contribution in [0.3, 0.4) is 0 Å². The molecule has 0 nitrogen and oxygen atoms in total. The molecule has 0 aromatic heterocycles. The van der Waals surface area contributed by atoms with E-state index in [0.29, 0.717) is 12.8 Å². The highest BCUT2D eigenvalue weighted by molar-refractivity contribution is 5.37. The van der Waals surface area contributed by atoms with E-state index in [1.165, 1.54) is 16.7 Å². The van der Waals surface area contributed by atoms with E-state index >= 15 is 0 Å². The maximum absolute atomic E-state index is 13.5. The highest BCUT2D eigenvalue weighted by atomic mass is 19.1. The van der Waals surface area contributed by atoms with Crippen molar-refractivity contribution in [3.8, 4) is 0 Å². The van der Waals surface area contributed by atoms with Crippen LogP contribution in [0.5, 0.6) is 0 Å². The minimum Gasteiger partial charge on any atom is -0.243 e. The summed E-state index contributed by atoms with van der Waals surface area (Å²) < 4.78 is 13.5. The van der Waals surface area contributed by atoms with Crippen molar-refractivity contribution in [3.05, 3.63) is 34.9 Å². The average molecular weight is 164 g/mol. The molecule has 0 radical (unpaired) electrons. The number of aryl methyl sites for hydroxylation is 1. The van der Waals surface area contributed by atoms with E-state index in [-0.39, 0.29) is 0 Å². The summed E-state index contributed by atoms with van der Waals surface area (Å²) in [5.41, 5.74) is 2.60. The number of hydrogen-bond acceptors (Lipinski definition) is 0. The fourth-order valence-corrected chi connectivity index (χ4v) is 1.95. The Bertz CT molecular complexity index is 313. The maximum Gasteiger partial charge on any atom is 0.116 e. The van der Waals surface area contributed by atoms with Gasteiger partial charge in [0.15, 0.2) is 0 Å². The van der Waals surface area contributed by atoms with Gasteiger partial charge in [-0.1, -0.05) is 23.8 Å². The van der Waals surface area contributed by atoms with Gasteiger partial charge in [0.25, 0.3) is 0 Å². The van der Waals surface area contributed by atoms with Crippen molar-refractivity contribution in [1.82, 2.24) is 0 Å². The van der Waals surface area contributed by atoms with Crippen LogP contribution in [-0.4, -0.2) is 5.67 Å². The summed E-state index contributed by atoms with van der Waals surface area (Å²) in [7, 11) is 0. The largest absolute Gasteiger partial charge is 0.243 e. The summed E-state index contributed by atoms with van der Waals surface area (Å²) in [6, 6.07) is 6.20. The van der Waals surface area contributed by atoms with Crippen LogP contribution in [0, 0.1) is 6.92 Å². The van der Waals surface area contributed by atoms with E-state index in [2.05, 4.69) is 18.2 Å². The number of rotatable bonds is 0. The number of alkyl halides is 1. The Morgan fingerprint density at radius 1 is 1.25 bits per heavy atom. The van der Waals surface area contributed by atoms with Gasteiger partial charge in [-0.15, -0.1) is 0 Å². The van der Waals surface area contributed by atoms with Crippen LogP contribution in [0.2, 0.25) is 0 Å². The van der Waals surface area contributed by atoms with Crippen molar-refractivity contribution in [3.63, 3.8) is 0 Å². The quantitative estimate of drug-likeness (QED) is 0.553. The zero-order valence-corrected chi connectivity index (χ0v) is 7.52. The van der Waals surface area contributed by atoms with Gasteiger partial charge in [-0.25, -0.2) is 4.39 Å². The zero-order chi connectivity index (χ0) is 8.77. The minimum atomic E-state index is -1.00. The van der Waals surface area contributed by atoms with Gasteiger partial charge in [0.2, 0.25) is 0 Å². The van der Waals surface area contributed by atoms with E-state index in [1.807, 2.05) is 6.92 Å². The van der Waals surface area contributed by atoms with E-state index in [4.69, 9.17) is 0 Å². The molecule has 1 unspecified atom stereocenters. The highest BCUT2D eigenvalue weighted by Gasteiger charge is 2.32. The van der Waals surface area contributed by atoms with Crippen LogP contribution in [0.25, 0.3) is 0 Å². The lowest BCUT2D eigenvalue weighted by Gasteiger charge is -2.09. The Kier molecular flexibility index (Phi) is 1.50. The molecule has 1 atom stereocenters. The number of hydrogen-bond donors (Lipinski definition) is 0. The Labute approximate surface area is 72.4 Å². The van der Waals surface area contributed by atoms with E-state index < -0.39 is 5.67 Å². The molecular formula is C11H13F. The molecule has 64 valence electrons. The van der Waals surface area contributed by atoms with Gasteiger partial charge >= 0.3 is 0 Å². The lowest BCUT2D eigenvalue weighted by atomic mass is 10.1. The highest BCUT2D eigenvalue weighted by Crippen LogP contribution is 2.32. The Hall–Kier alpha value is -0.850. The van der Waals surface area contributed by atoms with Gasteiger partial charge in [0.05, 0.1) is 0 Å². The average Bonchev–Trinajstić information content (AvgIpc) is 2.21. The molecular weight excluding hydrogens is 151 g/mol. The molecule has 1 heteroatoms. The number of benzene rings is 1. The van der Waals surface area contributed by atoms with Crippen LogP contribution in [-0.2, 0) is 12.8 Å². The standard InChI is InChI=1S/C11H13F/c1-8-3-4-9-6-11(2,12)7-10(9)5-8/h3-5H,6-7H2,1-2H3. The Morgan fingerprint density at radius 3 is 2.67 bits per heavy atom. The molecule has 0 bridgehead atoms. The second-order valence-electron chi connectivity index (χ2n) is 4.04. The monoisotopic (exact) mass is 164 g/mol. The summed E-state index contributed by atoms with van der Waals surface area (Å²) in [5, 5.41) is 0. The fraction of sp³-hybridized carbons (Fsp3) is 0.455. The predicted octanol–water partition coefficient (Wildman–Crippen LogP) is 2.82. The van der Waals surface area contributed by atoms with Crippen LogP contribution in [0.1, 0.15) is 23.6 Å². The Morgan fingerprint density at radius 2 is 1.92 bits per heavy atom. The zero-order valence-electron chi connectivity index (χ0n) is 7.52. The molecule has 0 heterocycles. The summed E-state index contributed by atoms with van der Waals surface area (Å²) in [6.07, 6.45) is 1.17. The minimum absolute atomic E-state index is 0.586. The topological polar surface area (TPSA) is 0 Å². The van der Waals surface area contributed by atoms with Gasteiger partial charge in [0.1, 0.15) is 5.67 Å². The molecule has 1 aromatic carbocycles. The predicted molar refractivity (Wildman–Crippen MR) is 48.1 cm³/mol. The molecule has 0 fully saturated rings. The molecule has 0 N–H and O–H groups in total. The van der Waals surface area contributed by atoms with Gasteiger partial charge in [-0.3, -0.25) is 0 Å². The first-order chi connectivity index (χ1) is 5.57. The van der Waals surface area contributed by atoms with Crippen LogP contribution >= 0.6 is 0 Å². The van der Waals surface area contributed by atoms with E-state index in [1.54, 1.807) is 6.92 Å². The molecule has 0 amide bonds. The number of fused-ring (bicyclic) bond motifs is 1. The van der Waals surface area contributed by atoms with Crippen molar-refractivity contribution < 1.29 is 4.39 Å². The van der Waals surface area contributed by atoms with Crippen LogP contribution in [0.4, 0.5) is 4.39 Å². The van der Waals surface area contributed by atoms with Gasteiger partial charge in [-0.2, -0.15) is 0 Å². The first-order valence-electron chi connectivity index (χ1n) is 4.34. The second-order valence-corrected chi connectivity index (χ2v) is 4.04. The summed E-state index contributed by atoms with van der Waals surface area (Å²) in [6.45, 7) is 3.73. The molecule has 0 spiro atoms. The molecule has 12 heavy (non-hydrogen) atoms. The first kappa shape index (κ1) is 7.78. The van der Waals surface area contributed by atoms with Crippen molar-refractivity contribution in [2.75, 3.05) is 0 Å². The SMILES string of the molecule is Cc1ccc2c(c1)CC(C)(F)C2. The van der Waals surface area contributed by atoms with E-state index in [9.17, 15) is 4.39 Å². The molecule has 1 aliphatic carbocycles. The van der Waals surface area contributed by atoms with Crippen LogP contribution < -0.4 is 0 Å². The molecule has 1 aromatic rings. The van der Waals surface area contributed by atoms with Crippen LogP contribution in [0.15, 0.2) is 18.2 Å². The molecule has 0 saturated heterocycles. The molecule has 1 aliphatic rings. The first-order valence-corrected chi connectivity index (χ1v) is 4.34. The summed E-state index contributed by atoms with van der Waals surface area (Å²) in [4.78, 5) is 0.